The van der Waals surface area contributed by atoms with Crippen LogP contribution in [-0.2, 0) is 0 Å². The van der Waals surface area contributed by atoms with E-state index in [1.165, 1.54) is 0 Å². The zero-order valence-electron chi connectivity index (χ0n) is 9.33. The molecule has 2 rings (SSSR count). The van der Waals surface area contributed by atoms with Crippen LogP contribution in [0.1, 0.15) is 22.9 Å². The van der Waals surface area contributed by atoms with Crippen molar-refractivity contribution in [3.63, 3.8) is 0 Å². The fraction of sp³-hybridized carbons (Fsp3) is 0.231. The van der Waals surface area contributed by atoms with E-state index in [1.54, 1.807) is 6.26 Å². The highest BCUT2D eigenvalue weighted by atomic mass is 35.5. The van der Waals surface area contributed by atoms with Crippen LogP contribution < -0.4 is 5.32 Å². The van der Waals surface area contributed by atoms with Gasteiger partial charge in [-0.3, -0.25) is 0 Å². The summed E-state index contributed by atoms with van der Waals surface area (Å²) in [5, 5.41) is 4.00. The fourth-order valence-electron chi connectivity index (χ4n) is 1.72. The summed E-state index contributed by atoms with van der Waals surface area (Å²) in [5.41, 5.74) is 2.19. The van der Waals surface area contributed by atoms with E-state index >= 15 is 0 Å². The van der Waals surface area contributed by atoms with E-state index in [1.807, 2.05) is 38.2 Å². The normalized spacial score (nSPS) is 12.7. The molecule has 84 valence electrons. The van der Waals surface area contributed by atoms with Crippen LogP contribution >= 0.6 is 11.6 Å². The third-order valence-electron chi connectivity index (χ3n) is 2.65. The first-order valence-electron chi connectivity index (χ1n) is 5.19. The largest absolute Gasteiger partial charge is 0.467 e. The molecular weight excluding hydrogens is 222 g/mol. The highest BCUT2D eigenvalue weighted by Gasteiger charge is 2.15. The van der Waals surface area contributed by atoms with Gasteiger partial charge in [-0.1, -0.05) is 23.7 Å². The van der Waals surface area contributed by atoms with Crippen molar-refractivity contribution < 1.29 is 4.42 Å². The molecule has 16 heavy (non-hydrogen) atoms. The average molecular weight is 236 g/mol. The Hall–Kier alpha value is -1.25. The van der Waals surface area contributed by atoms with Crippen LogP contribution in [0.15, 0.2) is 41.0 Å². The molecule has 0 aliphatic heterocycles. The molecule has 0 aliphatic rings. The van der Waals surface area contributed by atoms with E-state index in [0.717, 1.165) is 21.9 Å². The Morgan fingerprint density at radius 3 is 2.69 bits per heavy atom. The third-order valence-corrected chi connectivity index (χ3v) is 3.05. The Balaban J connectivity index is 2.37. The lowest BCUT2D eigenvalue weighted by atomic mass is 10.0. The van der Waals surface area contributed by atoms with Gasteiger partial charge >= 0.3 is 0 Å². The number of hydrogen-bond acceptors (Lipinski definition) is 2. The number of benzene rings is 1. The van der Waals surface area contributed by atoms with Crippen LogP contribution in [0.5, 0.6) is 0 Å². The number of nitrogens with one attached hydrogen (secondary N) is 1. The van der Waals surface area contributed by atoms with Crippen molar-refractivity contribution in [2.24, 2.45) is 0 Å². The van der Waals surface area contributed by atoms with E-state index in [2.05, 4.69) is 11.4 Å². The van der Waals surface area contributed by atoms with Crippen LogP contribution in [0.3, 0.4) is 0 Å². The van der Waals surface area contributed by atoms with E-state index in [9.17, 15) is 0 Å². The molecule has 2 aromatic rings. The average Bonchev–Trinajstić information content (AvgIpc) is 2.78. The summed E-state index contributed by atoms with van der Waals surface area (Å²) >= 11 is 6.12. The van der Waals surface area contributed by atoms with Gasteiger partial charge in [0, 0.05) is 5.02 Å². The molecule has 1 unspecified atom stereocenters. The van der Waals surface area contributed by atoms with Crippen LogP contribution in [0, 0.1) is 6.92 Å². The highest BCUT2D eigenvalue weighted by molar-refractivity contribution is 6.31. The maximum absolute atomic E-state index is 6.12. The molecule has 0 radical (unpaired) electrons. The third kappa shape index (κ3) is 2.13. The van der Waals surface area contributed by atoms with Gasteiger partial charge in [0.25, 0.3) is 0 Å². The van der Waals surface area contributed by atoms with E-state index < -0.39 is 0 Å². The first kappa shape index (κ1) is 11.2. The molecule has 1 aromatic carbocycles. The van der Waals surface area contributed by atoms with Gasteiger partial charge in [0.15, 0.2) is 0 Å². The molecule has 2 nitrogen and oxygen atoms in total. The van der Waals surface area contributed by atoms with Gasteiger partial charge in [-0.25, -0.2) is 0 Å². The second kappa shape index (κ2) is 4.73. The second-order valence-corrected chi connectivity index (χ2v) is 4.15. The monoisotopic (exact) mass is 235 g/mol. The molecule has 1 aromatic heterocycles. The second-order valence-electron chi connectivity index (χ2n) is 3.75. The molecule has 1 N–H and O–H groups in total. The predicted octanol–water partition coefficient (Wildman–Crippen LogP) is 3.55. The molecule has 0 fully saturated rings. The summed E-state index contributed by atoms with van der Waals surface area (Å²) < 4.78 is 5.41. The summed E-state index contributed by atoms with van der Waals surface area (Å²) in [4.78, 5) is 0. The quantitative estimate of drug-likeness (QED) is 0.880. The van der Waals surface area contributed by atoms with Crippen LogP contribution in [-0.4, -0.2) is 7.05 Å². The first-order valence-corrected chi connectivity index (χ1v) is 5.57. The van der Waals surface area contributed by atoms with Crippen molar-refractivity contribution in [1.29, 1.82) is 0 Å². The van der Waals surface area contributed by atoms with Crippen LogP contribution in [0.25, 0.3) is 0 Å². The molecule has 1 atom stereocenters. The molecule has 0 saturated carbocycles. The first-order chi connectivity index (χ1) is 7.72. The van der Waals surface area contributed by atoms with Gasteiger partial charge in [-0.05, 0) is 43.3 Å². The van der Waals surface area contributed by atoms with Gasteiger partial charge in [-0.15, -0.1) is 0 Å². The lowest BCUT2D eigenvalue weighted by Gasteiger charge is -2.14. The molecule has 0 aliphatic carbocycles. The maximum atomic E-state index is 6.12. The minimum atomic E-state index is 0.0492. The Labute approximate surface area is 100 Å². The number of furan rings is 1. The van der Waals surface area contributed by atoms with E-state index in [4.69, 9.17) is 16.0 Å². The number of halogens is 1. The number of aryl methyl sites for hydroxylation is 1. The SMILES string of the molecule is CNC(c1ccc(C)c(Cl)c1)c1ccco1. The molecule has 0 spiro atoms. The summed E-state index contributed by atoms with van der Waals surface area (Å²) in [6.45, 7) is 1.99. The summed E-state index contributed by atoms with van der Waals surface area (Å²) in [7, 11) is 1.90. The van der Waals surface area contributed by atoms with Crippen molar-refractivity contribution in [2.75, 3.05) is 7.05 Å². The standard InChI is InChI=1S/C13H14ClNO/c1-9-5-6-10(8-11(9)14)13(15-2)12-4-3-7-16-12/h3-8,13,15H,1-2H3. The topological polar surface area (TPSA) is 25.2 Å². The maximum Gasteiger partial charge on any atom is 0.125 e. The molecule has 1 heterocycles. The number of hydrogen-bond donors (Lipinski definition) is 1. The molecule has 0 bridgehead atoms. The van der Waals surface area contributed by atoms with Gasteiger partial charge in [0.1, 0.15) is 5.76 Å². The minimum absolute atomic E-state index is 0.0492. The van der Waals surface area contributed by atoms with Gasteiger partial charge < -0.3 is 9.73 Å². The fourth-order valence-corrected chi connectivity index (χ4v) is 1.91. The van der Waals surface area contributed by atoms with Gasteiger partial charge in [0.2, 0.25) is 0 Å². The summed E-state index contributed by atoms with van der Waals surface area (Å²) in [6.07, 6.45) is 1.68. The van der Waals surface area contributed by atoms with Crippen molar-refractivity contribution in [3.05, 3.63) is 58.5 Å². The lowest BCUT2D eigenvalue weighted by molar-refractivity contribution is 0.463. The predicted molar refractivity (Wildman–Crippen MR) is 65.8 cm³/mol. The number of rotatable bonds is 3. The van der Waals surface area contributed by atoms with Gasteiger partial charge in [-0.2, -0.15) is 0 Å². The Bertz CT molecular complexity index is 465. The Morgan fingerprint density at radius 1 is 1.31 bits per heavy atom. The molecule has 0 amide bonds. The molecule has 0 saturated heterocycles. The van der Waals surface area contributed by atoms with E-state index in [-0.39, 0.29) is 6.04 Å². The van der Waals surface area contributed by atoms with Crippen molar-refractivity contribution in [3.8, 4) is 0 Å². The smallest absolute Gasteiger partial charge is 0.125 e. The van der Waals surface area contributed by atoms with E-state index in [0.29, 0.717) is 0 Å². The Morgan fingerprint density at radius 2 is 2.12 bits per heavy atom. The lowest BCUT2D eigenvalue weighted by Crippen LogP contribution is -2.16. The minimum Gasteiger partial charge on any atom is -0.467 e. The van der Waals surface area contributed by atoms with Crippen molar-refractivity contribution in [2.45, 2.75) is 13.0 Å². The van der Waals surface area contributed by atoms with Crippen LogP contribution in [0.2, 0.25) is 5.02 Å². The Kier molecular flexibility index (Phi) is 3.32. The highest BCUT2D eigenvalue weighted by Crippen LogP contribution is 2.26. The van der Waals surface area contributed by atoms with Gasteiger partial charge in [0.05, 0.1) is 12.3 Å². The molecular formula is C13H14ClNO. The zero-order chi connectivity index (χ0) is 11.5. The summed E-state index contributed by atoms with van der Waals surface area (Å²) in [6, 6.07) is 9.94. The molecule has 3 heteroatoms. The zero-order valence-corrected chi connectivity index (χ0v) is 10.1. The van der Waals surface area contributed by atoms with Crippen molar-refractivity contribution in [1.82, 2.24) is 5.32 Å². The van der Waals surface area contributed by atoms with Crippen LogP contribution in [0.4, 0.5) is 0 Å². The summed E-state index contributed by atoms with van der Waals surface area (Å²) in [5.74, 6) is 0.891. The van der Waals surface area contributed by atoms with Crippen molar-refractivity contribution >= 4 is 11.6 Å².